The first-order valence-electron chi connectivity index (χ1n) is 8.52. The van der Waals surface area contributed by atoms with Crippen molar-refractivity contribution >= 4 is 27.3 Å². The molecule has 8 heteroatoms. The average molecular weight is 397 g/mol. The Labute approximate surface area is 156 Å². The number of nitrogens with zero attached hydrogens (tertiary/aromatic N) is 1. The van der Waals surface area contributed by atoms with Crippen molar-refractivity contribution in [2.45, 2.75) is 35.9 Å². The van der Waals surface area contributed by atoms with Gasteiger partial charge in [-0.15, -0.1) is 11.3 Å². The van der Waals surface area contributed by atoms with Gasteiger partial charge in [0.25, 0.3) is 0 Å². The summed E-state index contributed by atoms with van der Waals surface area (Å²) >= 11 is 1.19. The second kappa shape index (κ2) is 8.28. The minimum Gasteiger partial charge on any atom is -0.343 e. The smallest absolute Gasteiger partial charge is 0.250 e. The molecule has 1 amide bonds. The Hall–Kier alpha value is -1.77. The molecule has 1 fully saturated rings. The molecule has 0 unspecified atom stereocenters. The van der Waals surface area contributed by atoms with Gasteiger partial charge < -0.3 is 4.90 Å². The first kappa shape index (κ1) is 19.0. The van der Waals surface area contributed by atoms with Gasteiger partial charge in [0.1, 0.15) is 10.0 Å². The Morgan fingerprint density at radius 2 is 2.00 bits per heavy atom. The number of benzene rings is 1. The van der Waals surface area contributed by atoms with E-state index in [0.29, 0.717) is 43.0 Å². The molecule has 0 radical (unpaired) electrons. The van der Waals surface area contributed by atoms with Crippen LogP contribution >= 0.6 is 11.3 Å². The van der Waals surface area contributed by atoms with E-state index in [-0.39, 0.29) is 17.8 Å². The van der Waals surface area contributed by atoms with E-state index < -0.39 is 10.0 Å². The van der Waals surface area contributed by atoms with Crippen LogP contribution in [0.2, 0.25) is 0 Å². The van der Waals surface area contributed by atoms with E-state index in [1.54, 1.807) is 28.5 Å². The molecule has 0 spiro atoms. The third-order valence-electron chi connectivity index (χ3n) is 4.45. The maximum absolute atomic E-state index is 13.2. The number of halogens is 1. The van der Waals surface area contributed by atoms with Crippen LogP contribution in [0.4, 0.5) is 4.39 Å². The van der Waals surface area contributed by atoms with Gasteiger partial charge >= 0.3 is 0 Å². The molecule has 1 aliphatic heterocycles. The minimum absolute atomic E-state index is 0.0221. The molecule has 140 valence electrons. The van der Waals surface area contributed by atoms with E-state index in [1.807, 2.05) is 6.07 Å². The van der Waals surface area contributed by atoms with Gasteiger partial charge in [-0.3, -0.25) is 4.79 Å². The van der Waals surface area contributed by atoms with Crippen LogP contribution in [0, 0.1) is 5.82 Å². The molecule has 0 aliphatic carbocycles. The van der Waals surface area contributed by atoms with Gasteiger partial charge in [0.05, 0.1) is 0 Å². The molecule has 26 heavy (non-hydrogen) atoms. The molecule has 1 saturated heterocycles. The van der Waals surface area contributed by atoms with E-state index in [0.717, 1.165) is 5.56 Å². The summed E-state index contributed by atoms with van der Waals surface area (Å²) in [6, 6.07) is 9.40. The molecular formula is C18H21FN2O3S2. The highest BCUT2D eigenvalue weighted by molar-refractivity contribution is 7.91. The van der Waals surface area contributed by atoms with Crippen molar-refractivity contribution in [3.8, 4) is 0 Å². The van der Waals surface area contributed by atoms with E-state index in [4.69, 9.17) is 0 Å². The Bertz CT molecular complexity index is 845. The lowest BCUT2D eigenvalue weighted by Gasteiger charge is -2.32. The topological polar surface area (TPSA) is 66.5 Å². The molecule has 0 atom stereocenters. The van der Waals surface area contributed by atoms with E-state index in [9.17, 15) is 17.6 Å². The van der Waals surface area contributed by atoms with Gasteiger partial charge in [0.15, 0.2) is 0 Å². The van der Waals surface area contributed by atoms with Crippen LogP contribution in [0.1, 0.15) is 24.8 Å². The largest absolute Gasteiger partial charge is 0.343 e. The summed E-state index contributed by atoms with van der Waals surface area (Å²) in [6.45, 7) is 1.05. The SMILES string of the molecule is O=C(CCc1cccc(F)c1)N1CCC(NS(=O)(=O)c2cccs2)CC1. The van der Waals surface area contributed by atoms with Gasteiger partial charge in [0.2, 0.25) is 15.9 Å². The van der Waals surface area contributed by atoms with Gasteiger partial charge in [-0.25, -0.2) is 17.5 Å². The quantitative estimate of drug-likeness (QED) is 0.817. The van der Waals surface area contributed by atoms with Crippen LogP contribution in [0.25, 0.3) is 0 Å². The van der Waals surface area contributed by atoms with E-state index >= 15 is 0 Å². The standard InChI is InChI=1S/C18H21FN2O3S2/c19-15-4-1-3-14(13-15)6-7-17(22)21-10-8-16(9-11-21)20-26(23,24)18-5-2-12-25-18/h1-5,12-13,16,20H,6-11H2. The maximum atomic E-state index is 13.2. The summed E-state index contributed by atoms with van der Waals surface area (Å²) in [5.74, 6) is -0.275. The summed E-state index contributed by atoms with van der Waals surface area (Å²) in [5.41, 5.74) is 0.803. The molecule has 1 aromatic carbocycles. The monoisotopic (exact) mass is 396 g/mol. The average Bonchev–Trinajstić information content (AvgIpc) is 3.16. The lowest BCUT2D eigenvalue weighted by Crippen LogP contribution is -2.46. The van der Waals surface area contributed by atoms with Crippen LogP contribution < -0.4 is 4.72 Å². The zero-order valence-corrected chi connectivity index (χ0v) is 15.9. The Balaban J connectivity index is 1.46. The fourth-order valence-electron chi connectivity index (χ4n) is 3.04. The van der Waals surface area contributed by atoms with Crippen LogP contribution in [0.5, 0.6) is 0 Å². The number of nitrogens with one attached hydrogen (secondary N) is 1. The zero-order chi connectivity index (χ0) is 18.6. The van der Waals surface area contributed by atoms with Crippen LogP contribution in [-0.4, -0.2) is 38.4 Å². The Morgan fingerprint density at radius 3 is 2.65 bits per heavy atom. The predicted molar refractivity (Wildman–Crippen MR) is 99.0 cm³/mol. The molecule has 1 aliphatic rings. The maximum Gasteiger partial charge on any atom is 0.250 e. The minimum atomic E-state index is -3.48. The summed E-state index contributed by atoms with van der Waals surface area (Å²) in [7, 11) is -3.48. The highest BCUT2D eigenvalue weighted by Crippen LogP contribution is 2.19. The lowest BCUT2D eigenvalue weighted by molar-refractivity contribution is -0.132. The molecule has 3 rings (SSSR count). The summed E-state index contributed by atoms with van der Waals surface area (Å²) in [6.07, 6.45) is 2.02. The molecule has 1 N–H and O–H groups in total. The summed E-state index contributed by atoms with van der Waals surface area (Å²) in [4.78, 5) is 14.1. The normalized spacial score (nSPS) is 16.0. The zero-order valence-electron chi connectivity index (χ0n) is 14.2. The summed E-state index contributed by atoms with van der Waals surface area (Å²) < 4.78 is 40.7. The van der Waals surface area contributed by atoms with Gasteiger partial charge in [-0.05, 0) is 48.4 Å². The second-order valence-corrected chi connectivity index (χ2v) is 9.23. The number of hydrogen-bond donors (Lipinski definition) is 1. The Kier molecular flexibility index (Phi) is 6.05. The first-order chi connectivity index (χ1) is 12.4. The van der Waals surface area contributed by atoms with Gasteiger partial charge in [-0.2, -0.15) is 0 Å². The molecule has 2 aromatic rings. The number of hydrogen-bond acceptors (Lipinski definition) is 4. The van der Waals surface area contributed by atoms with Crippen molar-refractivity contribution in [3.05, 3.63) is 53.2 Å². The first-order valence-corrected chi connectivity index (χ1v) is 10.9. The van der Waals surface area contributed by atoms with Gasteiger partial charge in [-0.1, -0.05) is 18.2 Å². The third-order valence-corrected chi connectivity index (χ3v) is 7.36. The van der Waals surface area contributed by atoms with E-state index in [2.05, 4.69) is 4.72 Å². The van der Waals surface area contributed by atoms with Crippen molar-refractivity contribution < 1.29 is 17.6 Å². The fraction of sp³-hybridized carbons (Fsp3) is 0.389. The molecule has 5 nitrogen and oxygen atoms in total. The summed E-state index contributed by atoms with van der Waals surface area (Å²) in [5, 5.41) is 1.73. The molecule has 2 heterocycles. The second-order valence-electron chi connectivity index (χ2n) is 6.34. The fourth-order valence-corrected chi connectivity index (χ4v) is 5.36. The van der Waals surface area contributed by atoms with Crippen LogP contribution in [0.3, 0.4) is 0 Å². The van der Waals surface area contributed by atoms with Crippen molar-refractivity contribution in [1.29, 1.82) is 0 Å². The number of likely N-dealkylation sites (tertiary alicyclic amines) is 1. The number of carbonyl (C=O) groups is 1. The molecular weight excluding hydrogens is 375 g/mol. The number of sulfonamides is 1. The van der Waals surface area contributed by atoms with Crippen LogP contribution in [0.15, 0.2) is 46.0 Å². The number of amides is 1. The lowest BCUT2D eigenvalue weighted by atomic mass is 10.0. The number of rotatable bonds is 6. The number of piperidine rings is 1. The van der Waals surface area contributed by atoms with E-state index in [1.165, 1.54) is 23.5 Å². The molecule has 0 bridgehead atoms. The molecule has 1 aromatic heterocycles. The predicted octanol–water partition coefficient (Wildman–Crippen LogP) is 2.79. The van der Waals surface area contributed by atoms with Crippen LogP contribution in [-0.2, 0) is 21.2 Å². The number of aryl methyl sites for hydroxylation is 1. The number of carbonyl (C=O) groups excluding carboxylic acids is 1. The highest BCUT2D eigenvalue weighted by atomic mass is 32.2. The van der Waals surface area contributed by atoms with Crippen molar-refractivity contribution in [1.82, 2.24) is 9.62 Å². The number of thiophene rings is 1. The third kappa shape index (κ3) is 4.90. The molecule has 0 saturated carbocycles. The highest BCUT2D eigenvalue weighted by Gasteiger charge is 2.26. The Morgan fingerprint density at radius 1 is 1.23 bits per heavy atom. The van der Waals surface area contributed by atoms with Crippen molar-refractivity contribution in [3.63, 3.8) is 0 Å². The van der Waals surface area contributed by atoms with Crippen molar-refractivity contribution in [2.75, 3.05) is 13.1 Å². The van der Waals surface area contributed by atoms with Gasteiger partial charge in [0, 0.05) is 25.6 Å². The van der Waals surface area contributed by atoms with Crippen molar-refractivity contribution in [2.24, 2.45) is 0 Å².